The number of epoxide rings is 1. The molecule has 0 aromatic heterocycles. The standard InChI is InChI=1S/C14H16O3/c1-10-5-4-6-11(9-10)13(15)17-14-8-3-2-7-12(14)16-14/h4-6,9,12H,2-3,7-8H2,1H3/t12-,14-/m1/s1. The molecule has 0 unspecified atom stereocenters. The highest BCUT2D eigenvalue weighted by Crippen LogP contribution is 2.48. The summed E-state index contributed by atoms with van der Waals surface area (Å²) in [7, 11) is 0. The third-order valence-electron chi connectivity index (χ3n) is 3.54. The van der Waals surface area contributed by atoms with Crippen molar-refractivity contribution in [1.29, 1.82) is 0 Å². The minimum Gasteiger partial charge on any atom is -0.427 e. The van der Waals surface area contributed by atoms with E-state index in [1.165, 1.54) is 6.42 Å². The zero-order valence-electron chi connectivity index (χ0n) is 9.94. The van der Waals surface area contributed by atoms with Crippen molar-refractivity contribution in [3.63, 3.8) is 0 Å². The molecule has 3 rings (SSSR count). The van der Waals surface area contributed by atoms with Gasteiger partial charge in [0.05, 0.1) is 5.56 Å². The molecule has 2 aliphatic rings. The highest BCUT2D eigenvalue weighted by Gasteiger charge is 2.61. The Kier molecular flexibility index (Phi) is 2.44. The van der Waals surface area contributed by atoms with Gasteiger partial charge in [-0.2, -0.15) is 0 Å². The van der Waals surface area contributed by atoms with Crippen LogP contribution in [0.2, 0.25) is 0 Å². The van der Waals surface area contributed by atoms with E-state index in [-0.39, 0.29) is 12.1 Å². The molecule has 3 nitrogen and oxygen atoms in total. The molecule has 1 aromatic rings. The summed E-state index contributed by atoms with van der Waals surface area (Å²) in [4.78, 5) is 12.0. The summed E-state index contributed by atoms with van der Waals surface area (Å²) in [5.74, 6) is -0.850. The van der Waals surface area contributed by atoms with Gasteiger partial charge in [-0.25, -0.2) is 4.79 Å². The second-order valence-electron chi connectivity index (χ2n) is 4.92. The second-order valence-corrected chi connectivity index (χ2v) is 4.92. The number of hydrogen-bond acceptors (Lipinski definition) is 3. The number of fused-ring (bicyclic) bond motifs is 1. The number of esters is 1. The molecule has 1 saturated carbocycles. The van der Waals surface area contributed by atoms with Gasteiger partial charge in [-0.05, 0) is 31.9 Å². The number of carbonyl (C=O) groups is 1. The summed E-state index contributed by atoms with van der Waals surface area (Å²) < 4.78 is 11.1. The lowest BCUT2D eigenvalue weighted by atomic mass is 9.98. The quantitative estimate of drug-likeness (QED) is 0.581. The molecule has 0 spiro atoms. The van der Waals surface area contributed by atoms with Gasteiger partial charge in [0, 0.05) is 6.42 Å². The van der Waals surface area contributed by atoms with E-state index in [4.69, 9.17) is 9.47 Å². The van der Waals surface area contributed by atoms with Gasteiger partial charge in [0.15, 0.2) is 0 Å². The number of benzene rings is 1. The Morgan fingerprint density at radius 2 is 2.35 bits per heavy atom. The highest BCUT2D eigenvalue weighted by atomic mass is 16.8. The zero-order valence-corrected chi connectivity index (χ0v) is 9.94. The van der Waals surface area contributed by atoms with Crippen LogP contribution in [0, 0.1) is 6.92 Å². The molecule has 2 fully saturated rings. The van der Waals surface area contributed by atoms with Crippen molar-refractivity contribution in [2.45, 2.75) is 44.5 Å². The maximum Gasteiger partial charge on any atom is 0.340 e. The first-order chi connectivity index (χ1) is 8.20. The van der Waals surface area contributed by atoms with Crippen molar-refractivity contribution in [1.82, 2.24) is 0 Å². The molecule has 1 aromatic carbocycles. The fraction of sp³-hybridized carbons (Fsp3) is 0.500. The predicted molar refractivity (Wildman–Crippen MR) is 62.7 cm³/mol. The van der Waals surface area contributed by atoms with E-state index in [0.717, 1.165) is 24.8 Å². The summed E-state index contributed by atoms with van der Waals surface area (Å²) >= 11 is 0. The van der Waals surface area contributed by atoms with Crippen LogP contribution < -0.4 is 0 Å². The SMILES string of the molecule is Cc1cccc(C(=O)O[C@]23CCCC[C@H]2O3)c1. The molecule has 1 aliphatic heterocycles. The first kappa shape index (κ1) is 10.8. The molecule has 0 bridgehead atoms. The molecule has 0 amide bonds. The molecule has 1 heterocycles. The van der Waals surface area contributed by atoms with E-state index in [1.54, 1.807) is 6.07 Å². The summed E-state index contributed by atoms with van der Waals surface area (Å²) in [6.07, 6.45) is 4.26. The third kappa shape index (κ3) is 1.95. The fourth-order valence-electron chi connectivity index (χ4n) is 2.54. The van der Waals surface area contributed by atoms with Crippen molar-refractivity contribution in [3.8, 4) is 0 Å². The summed E-state index contributed by atoms with van der Waals surface area (Å²) in [5.41, 5.74) is 1.67. The van der Waals surface area contributed by atoms with Crippen LogP contribution in [0.25, 0.3) is 0 Å². The van der Waals surface area contributed by atoms with Gasteiger partial charge >= 0.3 is 5.97 Å². The number of carbonyl (C=O) groups excluding carboxylic acids is 1. The number of ether oxygens (including phenoxy) is 2. The maximum atomic E-state index is 12.0. The Balaban J connectivity index is 1.72. The van der Waals surface area contributed by atoms with Gasteiger partial charge in [-0.15, -0.1) is 0 Å². The van der Waals surface area contributed by atoms with E-state index >= 15 is 0 Å². The van der Waals surface area contributed by atoms with Gasteiger partial charge in [0.25, 0.3) is 0 Å². The molecule has 2 atom stereocenters. The Bertz CT molecular complexity index is 455. The lowest BCUT2D eigenvalue weighted by Gasteiger charge is -2.17. The molecular weight excluding hydrogens is 216 g/mol. The molecule has 90 valence electrons. The van der Waals surface area contributed by atoms with Gasteiger partial charge in [-0.1, -0.05) is 24.1 Å². The van der Waals surface area contributed by atoms with E-state index in [1.807, 2.05) is 25.1 Å². The largest absolute Gasteiger partial charge is 0.427 e. The Labute approximate surface area is 101 Å². The maximum absolute atomic E-state index is 12.0. The van der Waals surface area contributed by atoms with Crippen molar-refractivity contribution in [3.05, 3.63) is 35.4 Å². The highest BCUT2D eigenvalue weighted by molar-refractivity contribution is 5.90. The van der Waals surface area contributed by atoms with Crippen LogP contribution in [0.1, 0.15) is 41.6 Å². The minimum absolute atomic E-state index is 0.144. The van der Waals surface area contributed by atoms with E-state index < -0.39 is 5.79 Å². The van der Waals surface area contributed by atoms with Crippen LogP contribution in [0.5, 0.6) is 0 Å². The monoisotopic (exact) mass is 232 g/mol. The summed E-state index contributed by atoms with van der Waals surface area (Å²) in [5, 5.41) is 0. The van der Waals surface area contributed by atoms with E-state index in [9.17, 15) is 4.79 Å². The van der Waals surface area contributed by atoms with Gasteiger partial charge < -0.3 is 9.47 Å². The first-order valence-electron chi connectivity index (χ1n) is 6.17. The molecule has 1 aliphatic carbocycles. The molecule has 0 radical (unpaired) electrons. The smallest absolute Gasteiger partial charge is 0.340 e. The molecule has 17 heavy (non-hydrogen) atoms. The minimum atomic E-state index is -0.584. The fourth-order valence-corrected chi connectivity index (χ4v) is 2.54. The van der Waals surface area contributed by atoms with E-state index in [0.29, 0.717) is 5.56 Å². The Morgan fingerprint density at radius 3 is 3.12 bits per heavy atom. The lowest BCUT2D eigenvalue weighted by molar-refractivity contribution is -0.0245. The Hall–Kier alpha value is -1.35. The normalized spacial score (nSPS) is 30.5. The van der Waals surface area contributed by atoms with Crippen LogP contribution in [-0.2, 0) is 9.47 Å². The average molecular weight is 232 g/mol. The lowest BCUT2D eigenvalue weighted by Crippen LogP contribution is -2.26. The first-order valence-corrected chi connectivity index (χ1v) is 6.17. The van der Waals surface area contributed by atoms with Crippen LogP contribution in [0.4, 0.5) is 0 Å². The van der Waals surface area contributed by atoms with Gasteiger partial charge in [0.1, 0.15) is 6.10 Å². The van der Waals surface area contributed by atoms with Crippen molar-refractivity contribution < 1.29 is 14.3 Å². The van der Waals surface area contributed by atoms with Crippen LogP contribution in [-0.4, -0.2) is 17.9 Å². The van der Waals surface area contributed by atoms with Crippen molar-refractivity contribution in [2.75, 3.05) is 0 Å². The molecule has 1 saturated heterocycles. The van der Waals surface area contributed by atoms with Crippen molar-refractivity contribution in [2.24, 2.45) is 0 Å². The van der Waals surface area contributed by atoms with Crippen LogP contribution >= 0.6 is 0 Å². The number of hydrogen-bond donors (Lipinski definition) is 0. The second kappa shape index (κ2) is 3.84. The van der Waals surface area contributed by atoms with Gasteiger partial charge in [0.2, 0.25) is 5.79 Å². The summed E-state index contributed by atoms with van der Waals surface area (Å²) in [6.45, 7) is 1.96. The number of aryl methyl sites for hydroxylation is 1. The Morgan fingerprint density at radius 1 is 1.47 bits per heavy atom. The third-order valence-corrected chi connectivity index (χ3v) is 3.54. The zero-order chi connectivity index (χ0) is 11.9. The molecule has 0 N–H and O–H groups in total. The average Bonchev–Trinajstić information content (AvgIpc) is 3.03. The van der Waals surface area contributed by atoms with Crippen molar-refractivity contribution >= 4 is 5.97 Å². The van der Waals surface area contributed by atoms with Crippen LogP contribution in [0.3, 0.4) is 0 Å². The summed E-state index contributed by atoms with van der Waals surface area (Å²) in [6, 6.07) is 7.47. The van der Waals surface area contributed by atoms with Crippen LogP contribution in [0.15, 0.2) is 24.3 Å². The number of rotatable bonds is 2. The van der Waals surface area contributed by atoms with E-state index in [2.05, 4.69) is 0 Å². The molecular formula is C14H16O3. The topological polar surface area (TPSA) is 38.8 Å². The van der Waals surface area contributed by atoms with Gasteiger partial charge in [-0.3, -0.25) is 0 Å². The predicted octanol–water partition coefficient (Wildman–Crippen LogP) is 2.82. The molecule has 3 heteroatoms.